The average molecular weight is 281 g/mol. The van der Waals surface area contributed by atoms with Gasteiger partial charge in [0.2, 0.25) is 5.91 Å². The zero-order valence-electron chi connectivity index (χ0n) is 11.4. The van der Waals surface area contributed by atoms with Gasteiger partial charge < -0.3 is 10.6 Å². The van der Waals surface area contributed by atoms with Crippen LogP contribution >= 0.6 is 0 Å². The van der Waals surface area contributed by atoms with Crippen molar-refractivity contribution in [3.63, 3.8) is 0 Å². The molecule has 1 aliphatic heterocycles. The van der Waals surface area contributed by atoms with E-state index in [0.717, 1.165) is 19.4 Å². The van der Waals surface area contributed by atoms with E-state index in [1.54, 1.807) is 0 Å². The fraction of sp³-hybridized carbons (Fsp3) is 0.667. The highest BCUT2D eigenvalue weighted by molar-refractivity contribution is 5.76. The molecule has 2 atom stereocenters. The Kier molecular flexibility index (Phi) is 4.67. The maximum Gasteiger partial charge on any atom is 0.306 e. The van der Waals surface area contributed by atoms with E-state index in [2.05, 4.69) is 22.7 Å². The molecule has 8 nitrogen and oxygen atoms in total. The van der Waals surface area contributed by atoms with Crippen molar-refractivity contribution in [2.75, 3.05) is 6.54 Å². The molecule has 1 aromatic rings. The Morgan fingerprint density at radius 1 is 1.70 bits per heavy atom. The third kappa shape index (κ3) is 4.02. The van der Waals surface area contributed by atoms with Gasteiger partial charge in [0.15, 0.2) is 0 Å². The number of hydrogen-bond acceptors (Lipinski definition) is 5. The number of nitrogens with zero attached hydrogens (tertiary/aromatic N) is 3. The van der Waals surface area contributed by atoms with Crippen LogP contribution in [0.1, 0.15) is 26.2 Å². The van der Waals surface area contributed by atoms with E-state index in [1.165, 1.54) is 17.1 Å². The topological polar surface area (TPSA) is 102 Å². The Morgan fingerprint density at radius 2 is 2.50 bits per heavy atom. The first-order chi connectivity index (χ1) is 9.54. The van der Waals surface area contributed by atoms with Crippen molar-refractivity contribution in [1.29, 1.82) is 0 Å². The first-order valence-electron chi connectivity index (χ1n) is 6.74. The number of aromatic nitrogens is 2. The molecule has 1 saturated heterocycles. The summed E-state index contributed by atoms with van der Waals surface area (Å²) >= 11 is 0. The zero-order chi connectivity index (χ0) is 14.5. The first-order valence-corrected chi connectivity index (χ1v) is 6.74. The van der Waals surface area contributed by atoms with Gasteiger partial charge in [-0.25, -0.2) is 0 Å². The molecule has 2 unspecified atom stereocenters. The number of nitro groups is 1. The molecule has 20 heavy (non-hydrogen) atoms. The highest BCUT2D eigenvalue weighted by Crippen LogP contribution is 2.09. The van der Waals surface area contributed by atoms with Gasteiger partial charge in [-0.2, -0.15) is 5.10 Å². The Morgan fingerprint density at radius 3 is 3.15 bits per heavy atom. The molecule has 0 saturated carbocycles. The molecule has 0 aliphatic carbocycles. The number of carbonyl (C=O) groups excluding carboxylic acids is 1. The van der Waals surface area contributed by atoms with Gasteiger partial charge in [-0.1, -0.05) is 0 Å². The SMILES string of the molecule is CC1CC(NC(=O)CCn2cc([N+](=O)[O-])cn2)CCN1. The summed E-state index contributed by atoms with van der Waals surface area (Å²) in [6.45, 7) is 3.36. The summed E-state index contributed by atoms with van der Waals surface area (Å²) in [5.41, 5.74) is -0.0578. The van der Waals surface area contributed by atoms with Crippen molar-refractivity contribution in [3.8, 4) is 0 Å². The predicted molar refractivity (Wildman–Crippen MR) is 72.1 cm³/mol. The van der Waals surface area contributed by atoms with Crippen LogP contribution in [0.5, 0.6) is 0 Å². The summed E-state index contributed by atoms with van der Waals surface area (Å²) in [5.74, 6) is -0.0396. The smallest absolute Gasteiger partial charge is 0.306 e. The number of aryl methyl sites for hydroxylation is 1. The van der Waals surface area contributed by atoms with Crippen LogP contribution in [0.15, 0.2) is 12.4 Å². The maximum absolute atomic E-state index is 11.8. The van der Waals surface area contributed by atoms with Crippen LogP contribution in [0.2, 0.25) is 0 Å². The molecular weight excluding hydrogens is 262 g/mol. The van der Waals surface area contributed by atoms with Crippen LogP contribution in [0, 0.1) is 10.1 Å². The van der Waals surface area contributed by atoms with Gasteiger partial charge >= 0.3 is 5.69 Å². The molecule has 0 bridgehead atoms. The molecule has 0 radical (unpaired) electrons. The van der Waals surface area contributed by atoms with Gasteiger partial charge in [0, 0.05) is 25.0 Å². The fourth-order valence-corrected chi connectivity index (χ4v) is 2.35. The van der Waals surface area contributed by atoms with Gasteiger partial charge in [-0.3, -0.25) is 19.6 Å². The Balaban J connectivity index is 1.75. The molecule has 110 valence electrons. The maximum atomic E-state index is 11.8. The zero-order valence-corrected chi connectivity index (χ0v) is 11.4. The van der Waals surface area contributed by atoms with Crippen molar-refractivity contribution in [1.82, 2.24) is 20.4 Å². The van der Waals surface area contributed by atoms with Crippen LogP contribution < -0.4 is 10.6 Å². The Labute approximate surface area is 116 Å². The number of carbonyl (C=O) groups is 1. The fourth-order valence-electron chi connectivity index (χ4n) is 2.35. The largest absolute Gasteiger partial charge is 0.353 e. The molecule has 1 amide bonds. The minimum atomic E-state index is -0.500. The number of piperidine rings is 1. The standard InChI is InChI=1S/C12H19N5O3/c1-9-6-10(2-4-13-9)15-12(18)3-5-16-8-11(7-14-16)17(19)20/h7-10,13H,2-6H2,1H3,(H,15,18). The van der Waals surface area contributed by atoms with Crippen LogP contribution in [0.4, 0.5) is 5.69 Å². The molecule has 1 fully saturated rings. The van der Waals surface area contributed by atoms with Crippen LogP contribution in [0.25, 0.3) is 0 Å². The van der Waals surface area contributed by atoms with E-state index >= 15 is 0 Å². The van der Waals surface area contributed by atoms with E-state index in [4.69, 9.17) is 0 Å². The van der Waals surface area contributed by atoms with Crippen molar-refractivity contribution in [2.45, 2.75) is 44.8 Å². The lowest BCUT2D eigenvalue weighted by atomic mass is 10.0. The predicted octanol–water partition coefficient (Wildman–Crippen LogP) is 0.438. The van der Waals surface area contributed by atoms with Crippen LogP contribution in [-0.4, -0.2) is 39.2 Å². The van der Waals surface area contributed by atoms with Gasteiger partial charge in [0.05, 0.1) is 4.92 Å². The van der Waals surface area contributed by atoms with Gasteiger partial charge in [0.1, 0.15) is 12.4 Å². The molecular formula is C12H19N5O3. The van der Waals surface area contributed by atoms with Crippen LogP contribution in [-0.2, 0) is 11.3 Å². The van der Waals surface area contributed by atoms with Crippen molar-refractivity contribution < 1.29 is 9.72 Å². The monoisotopic (exact) mass is 281 g/mol. The van der Waals surface area contributed by atoms with Gasteiger partial charge in [-0.15, -0.1) is 0 Å². The molecule has 1 aliphatic rings. The molecule has 2 rings (SSSR count). The number of nitrogens with one attached hydrogen (secondary N) is 2. The summed E-state index contributed by atoms with van der Waals surface area (Å²) in [4.78, 5) is 21.8. The number of amides is 1. The highest BCUT2D eigenvalue weighted by Gasteiger charge is 2.19. The molecule has 8 heteroatoms. The van der Waals surface area contributed by atoms with E-state index in [9.17, 15) is 14.9 Å². The molecule has 1 aromatic heterocycles. The number of hydrogen-bond donors (Lipinski definition) is 2. The second-order valence-corrected chi connectivity index (χ2v) is 5.11. The van der Waals surface area contributed by atoms with Crippen molar-refractivity contribution in [2.24, 2.45) is 0 Å². The molecule has 0 aromatic carbocycles. The van der Waals surface area contributed by atoms with E-state index in [-0.39, 0.29) is 24.1 Å². The normalized spacial score (nSPS) is 22.4. The van der Waals surface area contributed by atoms with E-state index < -0.39 is 4.92 Å². The minimum absolute atomic E-state index is 0.0396. The summed E-state index contributed by atoms with van der Waals surface area (Å²) in [6.07, 6.45) is 4.66. The third-order valence-electron chi connectivity index (χ3n) is 3.39. The summed E-state index contributed by atoms with van der Waals surface area (Å²) in [7, 11) is 0. The van der Waals surface area contributed by atoms with E-state index in [1.807, 2.05) is 0 Å². The second-order valence-electron chi connectivity index (χ2n) is 5.11. The second kappa shape index (κ2) is 6.47. The Bertz CT molecular complexity index is 487. The number of rotatable bonds is 5. The average Bonchev–Trinajstić information content (AvgIpc) is 2.85. The minimum Gasteiger partial charge on any atom is -0.353 e. The summed E-state index contributed by atoms with van der Waals surface area (Å²) in [6, 6.07) is 0.633. The molecule has 0 spiro atoms. The van der Waals surface area contributed by atoms with E-state index in [0.29, 0.717) is 12.6 Å². The summed E-state index contributed by atoms with van der Waals surface area (Å²) < 4.78 is 1.42. The highest BCUT2D eigenvalue weighted by atomic mass is 16.6. The lowest BCUT2D eigenvalue weighted by Gasteiger charge is -2.28. The van der Waals surface area contributed by atoms with Crippen molar-refractivity contribution >= 4 is 11.6 Å². The Hall–Kier alpha value is -1.96. The molecule has 2 N–H and O–H groups in total. The first kappa shape index (κ1) is 14.4. The van der Waals surface area contributed by atoms with Crippen LogP contribution in [0.3, 0.4) is 0 Å². The quantitative estimate of drug-likeness (QED) is 0.602. The van der Waals surface area contributed by atoms with Crippen molar-refractivity contribution in [3.05, 3.63) is 22.5 Å². The lowest BCUT2D eigenvalue weighted by molar-refractivity contribution is -0.385. The van der Waals surface area contributed by atoms with Gasteiger partial charge in [0.25, 0.3) is 0 Å². The van der Waals surface area contributed by atoms with Gasteiger partial charge in [-0.05, 0) is 26.3 Å². The third-order valence-corrected chi connectivity index (χ3v) is 3.39. The molecule has 2 heterocycles. The summed E-state index contributed by atoms with van der Waals surface area (Å²) in [5, 5.41) is 20.7. The lowest BCUT2D eigenvalue weighted by Crippen LogP contribution is -2.46.